The smallest absolute Gasteiger partial charge is 0.213 e. The van der Waals surface area contributed by atoms with Crippen molar-refractivity contribution in [2.75, 3.05) is 13.7 Å². The van der Waals surface area contributed by atoms with Crippen molar-refractivity contribution in [3.05, 3.63) is 23.9 Å². The predicted molar refractivity (Wildman–Crippen MR) is 70.5 cm³/mol. The maximum Gasteiger partial charge on any atom is 0.213 e. The van der Waals surface area contributed by atoms with Crippen molar-refractivity contribution in [1.82, 2.24) is 9.88 Å². The first-order valence-corrected chi connectivity index (χ1v) is 6.82. The van der Waals surface area contributed by atoms with Crippen LogP contribution in [0, 0.1) is 0 Å². The van der Waals surface area contributed by atoms with Gasteiger partial charge in [0.1, 0.15) is 0 Å². The van der Waals surface area contributed by atoms with E-state index in [0.29, 0.717) is 5.88 Å². The molecule has 2 aliphatic rings. The lowest BCUT2D eigenvalue weighted by Gasteiger charge is -2.39. The zero-order valence-corrected chi connectivity index (χ0v) is 10.9. The number of nitrogens with zero attached hydrogens (tertiary/aromatic N) is 2. The highest BCUT2D eigenvalue weighted by atomic mass is 16.5. The van der Waals surface area contributed by atoms with Gasteiger partial charge in [-0.05, 0) is 38.3 Å². The average Bonchev–Trinajstić information content (AvgIpc) is 3.23. The average molecular weight is 247 g/mol. The van der Waals surface area contributed by atoms with Crippen LogP contribution in [0.25, 0.3) is 0 Å². The minimum Gasteiger partial charge on any atom is -0.481 e. The molecule has 1 aromatic rings. The molecule has 0 spiro atoms. The van der Waals surface area contributed by atoms with Crippen LogP contribution >= 0.6 is 0 Å². The van der Waals surface area contributed by atoms with Gasteiger partial charge in [0.25, 0.3) is 0 Å². The van der Waals surface area contributed by atoms with Gasteiger partial charge in [-0.25, -0.2) is 4.98 Å². The molecule has 1 aliphatic heterocycles. The molecule has 1 saturated carbocycles. The molecule has 4 heteroatoms. The minimum atomic E-state index is 0.193. The van der Waals surface area contributed by atoms with Crippen LogP contribution in [-0.4, -0.2) is 35.6 Å². The van der Waals surface area contributed by atoms with Crippen LogP contribution in [0.4, 0.5) is 0 Å². The highest BCUT2D eigenvalue weighted by Crippen LogP contribution is 2.38. The van der Waals surface area contributed by atoms with Gasteiger partial charge in [0.2, 0.25) is 5.88 Å². The van der Waals surface area contributed by atoms with Gasteiger partial charge in [0.15, 0.2) is 0 Å². The molecule has 2 atom stereocenters. The molecule has 0 bridgehead atoms. The third kappa shape index (κ3) is 2.22. The molecule has 2 fully saturated rings. The van der Waals surface area contributed by atoms with Crippen molar-refractivity contribution >= 4 is 0 Å². The molecular weight excluding hydrogens is 226 g/mol. The van der Waals surface area contributed by atoms with E-state index in [1.807, 2.05) is 12.1 Å². The summed E-state index contributed by atoms with van der Waals surface area (Å²) in [4.78, 5) is 7.13. The van der Waals surface area contributed by atoms with Crippen LogP contribution in [0.3, 0.4) is 0 Å². The zero-order valence-electron chi connectivity index (χ0n) is 10.9. The molecule has 1 aliphatic carbocycles. The van der Waals surface area contributed by atoms with Crippen LogP contribution in [0.2, 0.25) is 0 Å². The Morgan fingerprint density at radius 1 is 1.33 bits per heavy atom. The highest BCUT2D eigenvalue weighted by molar-refractivity contribution is 5.20. The number of hydrogen-bond donors (Lipinski definition) is 1. The molecular formula is C14H21N3O. The summed E-state index contributed by atoms with van der Waals surface area (Å²) >= 11 is 0. The minimum absolute atomic E-state index is 0.193. The van der Waals surface area contributed by atoms with Crippen molar-refractivity contribution in [1.29, 1.82) is 0 Å². The summed E-state index contributed by atoms with van der Waals surface area (Å²) in [7, 11) is 1.66. The summed E-state index contributed by atoms with van der Waals surface area (Å²) in [5.74, 6) is 0.682. The second kappa shape index (κ2) is 4.86. The van der Waals surface area contributed by atoms with E-state index in [0.717, 1.165) is 24.7 Å². The third-order valence-corrected chi connectivity index (χ3v) is 3.99. The lowest BCUT2D eigenvalue weighted by molar-refractivity contribution is 0.116. The van der Waals surface area contributed by atoms with Crippen molar-refractivity contribution in [3.8, 4) is 5.88 Å². The van der Waals surface area contributed by atoms with Crippen LogP contribution in [0.1, 0.15) is 37.4 Å². The molecule has 3 rings (SSSR count). The van der Waals surface area contributed by atoms with E-state index in [1.165, 1.54) is 19.3 Å². The first kappa shape index (κ1) is 11.9. The SMILES string of the molecule is COc1cccc(C2C(N)CCCN2C2CC2)n1. The van der Waals surface area contributed by atoms with Crippen molar-refractivity contribution in [3.63, 3.8) is 0 Å². The number of piperidine rings is 1. The number of pyridine rings is 1. The number of rotatable bonds is 3. The number of methoxy groups -OCH3 is 1. The van der Waals surface area contributed by atoms with Crippen molar-refractivity contribution in [2.45, 2.75) is 43.8 Å². The van der Waals surface area contributed by atoms with E-state index < -0.39 is 0 Å². The van der Waals surface area contributed by atoms with Gasteiger partial charge in [-0.3, -0.25) is 4.90 Å². The molecule has 1 saturated heterocycles. The van der Waals surface area contributed by atoms with E-state index in [9.17, 15) is 0 Å². The Labute approximate surface area is 108 Å². The fourth-order valence-electron chi connectivity index (χ4n) is 2.97. The zero-order chi connectivity index (χ0) is 12.5. The van der Waals surface area contributed by atoms with Crippen molar-refractivity contribution in [2.24, 2.45) is 5.73 Å². The quantitative estimate of drug-likeness (QED) is 0.883. The second-order valence-corrected chi connectivity index (χ2v) is 5.32. The molecule has 0 aromatic carbocycles. The van der Waals surface area contributed by atoms with E-state index in [2.05, 4.69) is 16.0 Å². The maximum absolute atomic E-state index is 6.34. The Balaban J connectivity index is 1.89. The molecule has 2 heterocycles. The fourth-order valence-corrected chi connectivity index (χ4v) is 2.97. The number of likely N-dealkylation sites (tertiary alicyclic amines) is 1. The molecule has 0 amide bonds. The Morgan fingerprint density at radius 3 is 2.89 bits per heavy atom. The second-order valence-electron chi connectivity index (χ2n) is 5.32. The predicted octanol–water partition coefficient (Wildman–Crippen LogP) is 1.72. The lowest BCUT2D eigenvalue weighted by Crippen LogP contribution is -2.47. The fraction of sp³-hybridized carbons (Fsp3) is 0.643. The molecule has 2 N–H and O–H groups in total. The van der Waals surface area contributed by atoms with E-state index >= 15 is 0 Å². The molecule has 2 unspecified atom stereocenters. The van der Waals surface area contributed by atoms with Crippen LogP contribution < -0.4 is 10.5 Å². The Bertz CT molecular complexity index is 419. The highest BCUT2D eigenvalue weighted by Gasteiger charge is 2.39. The van der Waals surface area contributed by atoms with Gasteiger partial charge in [-0.1, -0.05) is 6.07 Å². The Morgan fingerprint density at radius 2 is 2.17 bits per heavy atom. The van der Waals surface area contributed by atoms with E-state index in [1.54, 1.807) is 7.11 Å². The Hall–Kier alpha value is -1.13. The summed E-state index contributed by atoms with van der Waals surface area (Å²) in [6.07, 6.45) is 4.92. The summed E-state index contributed by atoms with van der Waals surface area (Å²) in [6, 6.07) is 7.16. The largest absolute Gasteiger partial charge is 0.481 e. The first-order chi connectivity index (χ1) is 8.79. The van der Waals surface area contributed by atoms with Crippen molar-refractivity contribution < 1.29 is 4.74 Å². The number of ether oxygens (including phenoxy) is 1. The summed E-state index contributed by atoms with van der Waals surface area (Å²) < 4.78 is 5.22. The summed E-state index contributed by atoms with van der Waals surface area (Å²) in [6.45, 7) is 1.15. The maximum atomic E-state index is 6.34. The van der Waals surface area contributed by atoms with E-state index in [-0.39, 0.29) is 12.1 Å². The number of nitrogens with two attached hydrogens (primary N) is 1. The molecule has 4 nitrogen and oxygen atoms in total. The molecule has 98 valence electrons. The third-order valence-electron chi connectivity index (χ3n) is 3.99. The van der Waals surface area contributed by atoms with Crippen LogP contribution in [-0.2, 0) is 0 Å². The molecule has 1 aromatic heterocycles. The van der Waals surface area contributed by atoms with Gasteiger partial charge < -0.3 is 10.5 Å². The number of aromatic nitrogens is 1. The van der Waals surface area contributed by atoms with Gasteiger partial charge in [0, 0.05) is 18.2 Å². The Kier molecular flexibility index (Phi) is 3.22. The topological polar surface area (TPSA) is 51.4 Å². The summed E-state index contributed by atoms with van der Waals surface area (Å²) in [5, 5.41) is 0. The lowest BCUT2D eigenvalue weighted by atomic mass is 9.93. The van der Waals surface area contributed by atoms with Gasteiger partial charge in [-0.15, -0.1) is 0 Å². The van der Waals surface area contributed by atoms with Gasteiger partial charge in [0.05, 0.1) is 18.8 Å². The standard InChI is InChI=1S/C14H21N3O/c1-18-13-6-2-5-12(16-13)14-11(15)4-3-9-17(14)10-7-8-10/h2,5-6,10-11,14H,3-4,7-9,15H2,1H3. The van der Waals surface area contributed by atoms with Gasteiger partial charge >= 0.3 is 0 Å². The van der Waals surface area contributed by atoms with Crippen LogP contribution in [0.5, 0.6) is 5.88 Å². The van der Waals surface area contributed by atoms with Crippen LogP contribution in [0.15, 0.2) is 18.2 Å². The number of hydrogen-bond acceptors (Lipinski definition) is 4. The normalized spacial score (nSPS) is 29.2. The monoisotopic (exact) mass is 247 g/mol. The summed E-state index contributed by atoms with van der Waals surface area (Å²) in [5.41, 5.74) is 7.40. The van der Waals surface area contributed by atoms with Gasteiger partial charge in [-0.2, -0.15) is 0 Å². The van der Waals surface area contributed by atoms with E-state index in [4.69, 9.17) is 10.5 Å². The molecule has 0 radical (unpaired) electrons. The molecule has 18 heavy (non-hydrogen) atoms. The first-order valence-electron chi connectivity index (χ1n) is 6.82.